The van der Waals surface area contributed by atoms with Crippen LogP contribution in [0.1, 0.15) is 29.6 Å². The van der Waals surface area contributed by atoms with Gasteiger partial charge in [-0.25, -0.2) is 0 Å². The average molecular weight is 349 g/mol. The number of carbonyl (C=O) groups is 2. The Bertz CT molecular complexity index is 613. The van der Waals surface area contributed by atoms with Crippen LogP contribution in [-0.4, -0.2) is 67.0 Å². The number of hydrogen-bond acceptors (Lipinski definition) is 5. The lowest BCUT2D eigenvalue weighted by Crippen LogP contribution is -2.46. The molecule has 0 aliphatic carbocycles. The summed E-state index contributed by atoms with van der Waals surface area (Å²) in [6.45, 7) is 2.23. The minimum absolute atomic E-state index is 0.0755. The molecule has 1 amide bonds. The monoisotopic (exact) mass is 349 g/mol. The summed E-state index contributed by atoms with van der Waals surface area (Å²) in [7, 11) is 0. The highest BCUT2D eigenvalue weighted by molar-refractivity contribution is 5.97. The lowest BCUT2D eigenvalue weighted by molar-refractivity contribution is -0.141. The number of carbonyl (C=O) groups excluding carboxylic acids is 1. The maximum atomic E-state index is 12.9. The van der Waals surface area contributed by atoms with Crippen LogP contribution in [0.15, 0.2) is 24.3 Å². The summed E-state index contributed by atoms with van der Waals surface area (Å²) < 4.78 is 16.8. The van der Waals surface area contributed by atoms with E-state index in [4.69, 9.17) is 19.3 Å². The molecular formula is C18H23NO6. The molecule has 1 aromatic carbocycles. The molecule has 0 bridgehead atoms. The zero-order valence-corrected chi connectivity index (χ0v) is 14.1. The van der Waals surface area contributed by atoms with E-state index >= 15 is 0 Å². The van der Waals surface area contributed by atoms with Gasteiger partial charge in [0.25, 0.3) is 5.91 Å². The zero-order valence-electron chi connectivity index (χ0n) is 14.1. The first-order valence-electron chi connectivity index (χ1n) is 8.59. The normalized spacial score (nSPS) is 23.4. The predicted molar refractivity (Wildman–Crippen MR) is 88.8 cm³/mol. The number of nitrogens with zero attached hydrogens (tertiary/aromatic N) is 1. The van der Waals surface area contributed by atoms with Crippen molar-refractivity contribution in [2.45, 2.75) is 31.5 Å². The molecule has 25 heavy (non-hydrogen) atoms. The smallest absolute Gasteiger partial charge is 0.306 e. The van der Waals surface area contributed by atoms with Gasteiger partial charge >= 0.3 is 5.97 Å². The van der Waals surface area contributed by atoms with E-state index in [9.17, 15) is 9.59 Å². The van der Waals surface area contributed by atoms with Crippen molar-refractivity contribution >= 4 is 11.9 Å². The number of morpholine rings is 1. The van der Waals surface area contributed by atoms with Gasteiger partial charge in [0.1, 0.15) is 12.4 Å². The first kappa shape index (κ1) is 17.7. The Morgan fingerprint density at radius 1 is 1.20 bits per heavy atom. The first-order valence-corrected chi connectivity index (χ1v) is 8.59. The fourth-order valence-corrected chi connectivity index (χ4v) is 3.12. The molecule has 7 heteroatoms. The standard InChI is InChI=1S/C18H23NO6/c20-17(21)10-14-11-19(7-9-24-14)18(22)15-5-1-2-6-16(15)25-12-13-4-3-8-23-13/h1-2,5-6,13-14H,3-4,7-12H2,(H,20,21)/t13-,14+/m0/s1. The van der Waals surface area contributed by atoms with Crippen molar-refractivity contribution in [3.05, 3.63) is 29.8 Å². The summed E-state index contributed by atoms with van der Waals surface area (Å²) in [5, 5.41) is 8.91. The molecule has 2 aliphatic rings. The number of rotatable bonds is 6. The Labute approximate surface area is 146 Å². The highest BCUT2D eigenvalue weighted by atomic mass is 16.5. The summed E-state index contributed by atoms with van der Waals surface area (Å²) in [5.74, 6) is -0.564. The molecule has 0 unspecified atom stereocenters. The molecule has 0 spiro atoms. The molecule has 3 rings (SSSR count). The van der Waals surface area contributed by atoms with Gasteiger partial charge in [0.15, 0.2) is 0 Å². The second-order valence-electron chi connectivity index (χ2n) is 6.28. The minimum atomic E-state index is -0.931. The Kier molecular flexibility index (Phi) is 5.88. The van der Waals surface area contributed by atoms with Crippen LogP contribution in [0.3, 0.4) is 0 Å². The number of carboxylic acid groups (broad SMARTS) is 1. The second-order valence-corrected chi connectivity index (χ2v) is 6.28. The number of benzene rings is 1. The summed E-state index contributed by atoms with van der Waals surface area (Å²) in [5.41, 5.74) is 0.483. The summed E-state index contributed by atoms with van der Waals surface area (Å²) >= 11 is 0. The average Bonchev–Trinajstić information content (AvgIpc) is 3.13. The van der Waals surface area contributed by atoms with Gasteiger partial charge in [-0.2, -0.15) is 0 Å². The van der Waals surface area contributed by atoms with E-state index in [1.54, 1.807) is 23.1 Å². The predicted octanol–water partition coefficient (Wildman–Crippen LogP) is 1.56. The van der Waals surface area contributed by atoms with Gasteiger partial charge < -0.3 is 24.2 Å². The number of ether oxygens (including phenoxy) is 3. The minimum Gasteiger partial charge on any atom is -0.490 e. The largest absolute Gasteiger partial charge is 0.490 e. The molecule has 0 aromatic heterocycles. The summed E-state index contributed by atoms with van der Waals surface area (Å²) in [4.78, 5) is 25.4. The molecule has 2 fully saturated rings. The molecular weight excluding hydrogens is 326 g/mol. The van der Waals surface area contributed by atoms with E-state index in [1.165, 1.54) is 0 Å². The van der Waals surface area contributed by atoms with Crippen molar-refractivity contribution < 1.29 is 28.9 Å². The Balaban J connectivity index is 1.65. The molecule has 0 radical (unpaired) electrons. The van der Waals surface area contributed by atoms with E-state index in [2.05, 4.69) is 0 Å². The molecule has 2 aliphatic heterocycles. The lowest BCUT2D eigenvalue weighted by atomic mass is 10.1. The molecule has 2 heterocycles. The van der Waals surface area contributed by atoms with Crippen LogP contribution >= 0.6 is 0 Å². The highest BCUT2D eigenvalue weighted by Crippen LogP contribution is 2.23. The van der Waals surface area contributed by atoms with Crippen LogP contribution in [0.25, 0.3) is 0 Å². The van der Waals surface area contributed by atoms with Gasteiger partial charge in [-0.3, -0.25) is 9.59 Å². The van der Waals surface area contributed by atoms with Crippen molar-refractivity contribution in [1.82, 2.24) is 4.90 Å². The van der Waals surface area contributed by atoms with E-state index in [0.29, 0.717) is 31.1 Å². The van der Waals surface area contributed by atoms with Crippen LogP contribution in [0.5, 0.6) is 5.75 Å². The maximum Gasteiger partial charge on any atom is 0.306 e. The molecule has 7 nitrogen and oxygen atoms in total. The van der Waals surface area contributed by atoms with E-state index in [1.807, 2.05) is 6.07 Å². The van der Waals surface area contributed by atoms with Gasteiger partial charge in [0.2, 0.25) is 0 Å². The van der Waals surface area contributed by atoms with Crippen LogP contribution < -0.4 is 4.74 Å². The molecule has 1 aromatic rings. The third-order valence-electron chi connectivity index (χ3n) is 4.39. The molecule has 1 N–H and O–H groups in total. The molecule has 0 saturated carbocycles. The van der Waals surface area contributed by atoms with Crippen molar-refractivity contribution in [2.24, 2.45) is 0 Å². The number of carboxylic acids is 1. The first-order chi connectivity index (χ1) is 12.1. The van der Waals surface area contributed by atoms with Crippen molar-refractivity contribution in [1.29, 1.82) is 0 Å². The topological polar surface area (TPSA) is 85.3 Å². The van der Waals surface area contributed by atoms with Crippen LogP contribution in [0.2, 0.25) is 0 Å². The molecule has 136 valence electrons. The van der Waals surface area contributed by atoms with Crippen molar-refractivity contribution in [3.63, 3.8) is 0 Å². The third kappa shape index (κ3) is 4.70. The number of aliphatic carboxylic acids is 1. The second kappa shape index (κ2) is 8.31. The fourth-order valence-electron chi connectivity index (χ4n) is 3.12. The van der Waals surface area contributed by atoms with Crippen molar-refractivity contribution in [3.8, 4) is 5.75 Å². The van der Waals surface area contributed by atoms with Crippen LogP contribution in [-0.2, 0) is 14.3 Å². The number of amides is 1. The highest BCUT2D eigenvalue weighted by Gasteiger charge is 2.28. The van der Waals surface area contributed by atoms with E-state index in [0.717, 1.165) is 19.4 Å². The quantitative estimate of drug-likeness (QED) is 0.839. The van der Waals surface area contributed by atoms with Gasteiger partial charge in [0, 0.05) is 19.7 Å². The van der Waals surface area contributed by atoms with Gasteiger partial charge in [-0.1, -0.05) is 12.1 Å². The van der Waals surface area contributed by atoms with E-state index < -0.39 is 12.1 Å². The SMILES string of the molecule is O=C(O)C[C@@H]1CN(C(=O)c2ccccc2OC[C@@H]2CCCO2)CCO1. The Morgan fingerprint density at radius 2 is 2.00 bits per heavy atom. The summed E-state index contributed by atoms with van der Waals surface area (Å²) in [6.07, 6.45) is 1.49. The van der Waals surface area contributed by atoms with Crippen LogP contribution in [0.4, 0.5) is 0 Å². The zero-order chi connectivity index (χ0) is 17.6. The Morgan fingerprint density at radius 3 is 2.76 bits per heavy atom. The third-order valence-corrected chi connectivity index (χ3v) is 4.39. The Hall–Kier alpha value is -2.12. The molecule has 2 atom stereocenters. The maximum absolute atomic E-state index is 12.9. The number of hydrogen-bond donors (Lipinski definition) is 1. The van der Waals surface area contributed by atoms with Gasteiger partial charge in [0.05, 0.1) is 30.8 Å². The number of para-hydroxylation sites is 1. The molecule has 2 saturated heterocycles. The lowest BCUT2D eigenvalue weighted by Gasteiger charge is -2.32. The van der Waals surface area contributed by atoms with Gasteiger partial charge in [-0.05, 0) is 25.0 Å². The fraction of sp³-hybridized carbons (Fsp3) is 0.556. The summed E-state index contributed by atoms with van der Waals surface area (Å²) in [6, 6.07) is 7.13. The van der Waals surface area contributed by atoms with Crippen LogP contribution in [0, 0.1) is 0 Å². The van der Waals surface area contributed by atoms with Gasteiger partial charge in [-0.15, -0.1) is 0 Å². The van der Waals surface area contributed by atoms with Crippen molar-refractivity contribution in [2.75, 3.05) is 32.9 Å². The van der Waals surface area contributed by atoms with E-state index in [-0.39, 0.29) is 25.0 Å².